The van der Waals surface area contributed by atoms with E-state index in [-0.39, 0.29) is 10.8 Å². The Morgan fingerprint density at radius 3 is 2.21 bits per heavy atom. The SMILES string of the molecule is CCN(CC)S(=O)(=O)c1ccc2c(c1)CCN2C(=O)c1ccc(C(N)=O)cc1. The summed E-state index contributed by atoms with van der Waals surface area (Å²) in [7, 11) is -3.54. The Morgan fingerprint density at radius 2 is 1.64 bits per heavy atom. The number of anilines is 1. The van der Waals surface area contributed by atoms with Gasteiger partial charge in [-0.25, -0.2) is 8.42 Å². The van der Waals surface area contributed by atoms with E-state index < -0.39 is 15.9 Å². The van der Waals surface area contributed by atoms with Gasteiger partial charge in [0.25, 0.3) is 5.91 Å². The van der Waals surface area contributed by atoms with Crippen molar-refractivity contribution in [2.75, 3.05) is 24.5 Å². The zero-order valence-corrected chi connectivity index (χ0v) is 16.7. The Labute approximate surface area is 164 Å². The molecule has 28 heavy (non-hydrogen) atoms. The van der Waals surface area contributed by atoms with Crippen molar-refractivity contribution in [3.05, 3.63) is 59.2 Å². The van der Waals surface area contributed by atoms with Gasteiger partial charge in [0.05, 0.1) is 4.90 Å². The first-order valence-corrected chi connectivity index (χ1v) is 10.6. The van der Waals surface area contributed by atoms with Gasteiger partial charge < -0.3 is 10.6 Å². The smallest absolute Gasteiger partial charge is 0.258 e. The topological polar surface area (TPSA) is 101 Å². The molecule has 148 valence electrons. The third-order valence-electron chi connectivity index (χ3n) is 4.95. The van der Waals surface area contributed by atoms with E-state index in [9.17, 15) is 18.0 Å². The van der Waals surface area contributed by atoms with Crippen LogP contribution in [0.5, 0.6) is 0 Å². The highest BCUT2D eigenvalue weighted by atomic mass is 32.2. The number of carbonyl (C=O) groups excluding carboxylic acids is 2. The third kappa shape index (κ3) is 3.53. The van der Waals surface area contributed by atoms with Gasteiger partial charge in [0.2, 0.25) is 15.9 Å². The van der Waals surface area contributed by atoms with Crippen LogP contribution in [0, 0.1) is 0 Å². The van der Waals surface area contributed by atoms with Crippen molar-refractivity contribution in [2.45, 2.75) is 25.2 Å². The maximum Gasteiger partial charge on any atom is 0.258 e. The zero-order chi connectivity index (χ0) is 20.5. The zero-order valence-electron chi connectivity index (χ0n) is 15.9. The maximum absolute atomic E-state index is 12.9. The van der Waals surface area contributed by atoms with Crippen molar-refractivity contribution in [1.29, 1.82) is 0 Å². The summed E-state index contributed by atoms with van der Waals surface area (Å²) < 4.78 is 26.9. The molecule has 1 aliphatic heterocycles. The predicted octanol–water partition coefficient (Wildman–Crippen LogP) is 2.02. The molecule has 0 saturated carbocycles. The first-order valence-electron chi connectivity index (χ1n) is 9.14. The molecule has 3 rings (SSSR count). The van der Waals surface area contributed by atoms with Crippen LogP contribution in [0.3, 0.4) is 0 Å². The van der Waals surface area contributed by atoms with E-state index in [1.165, 1.54) is 16.4 Å². The summed E-state index contributed by atoms with van der Waals surface area (Å²) in [6.07, 6.45) is 0.585. The monoisotopic (exact) mass is 401 g/mol. The van der Waals surface area contributed by atoms with Crippen molar-refractivity contribution in [1.82, 2.24) is 4.31 Å². The molecule has 2 aromatic rings. The molecule has 8 heteroatoms. The highest BCUT2D eigenvalue weighted by Crippen LogP contribution is 2.32. The van der Waals surface area contributed by atoms with Gasteiger partial charge in [-0.05, 0) is 54.4 Å². The van der Waals surface area contributed by atoms with Gasteiger partial charge in [-0.1, -0.05) is 13.8 Å². The maximum atomic E-state index is 12.9. The molecule has 1 heterocycles. The second-order valence-electron chi connectivity index (χ2n) is 6.53. The van der Waals surface area contributed by atoms with E-state index >= 15 is 0 Å². The minimum atomic E-state index is -3.54. The normalized spacial score (nSPS) is 13.6. The summed E-state index contributed by atoms with van der Waals surface area (Å²) in [6, 6.07) is 11.1. The number of nitrogens with zero attached hydrogens (tertiary/aromatic N) is 2. The molecule has 0 spiro atoms. The van der Waals surface area contributed by atoms with Crippen LogP contribution < -0.4 is 10.6 Å². The summed E-state index contributed by atoms with van der Waals surface area (Å²) >= 11 is 0. The number of nitrogens with two attached hydrogens (primary N) is 1. The van der Waals surface area contributed by atoms with Gasteiger partial charge in [0, 0.05) is 36.4 Å². The second-order valence-corrected chi connectivity index (χ2v) is 8.47. The highest BCUT2D eigenvalue weighted by molar-refractivity contribution is 7.89. The molecule has 1 aliphatic rings. The Bertz CT molecular complexity index is 1010. The van der Waals surface area contributed by atoms with Gasteiger partial charge in [-0.15, -0.1) is 0 Å². The fourth-order valence-corrected chi connectivity index (χ4v) is 4.90. The molecule has 0 saturated heterocycles. The number of primary amides is 1. The number of sulfonamides is 1. The van der Waals surface area contributed by atoms with Crippen molar-refractivity contribution < 1.29 is 18.0 Å². The molecule has 0 fully saturated rings. The number of hydrogen-bond donors (Lipinski definition) is 1. The summed E-state index contributed by atoms with van der Waals surface area (Å²) in [5, 5.41) is 0. The minimum absolute atomic E-state index is 0.200. The van der Waals surface area contributed by atoms with Crippen LogP contribution >= 0.6 is 0 Å². The highest BCUT2D eigenvalue weighted by Gasteiger charge is 2.29. The molecule has 0 bridgehead atoms. The molecule has 0 atom stereocenters. The average Bonchev–Trinajstić information content (AvgIpc) is 3.11. The lowest BCUT2D eigenvalue weighted by Crippen LogP contribution is -2.30. The molecule has 0 aliphatic carbocycles. The summed E-state index contributed by atoms with van der Waals surface area (Å²) in [6.45, 7) is 4.89. The quantitative estimate of drug-likeness (QED) is 0.800. The fourth-order valence-electron chi connectivity index (χ4n) is 3.40. The summed E-state index contributed by atoms with van der Waals surface area (Å²) in [5.74, 6) is -0.749. The lowest BCUT2D eigenvalue weighted by Gasteiger charge is -2.20. The van der Waals surface area contributed by atoms with E-state index in [1.807, 2.05) is 0 Å². The summed E-state index contributed by atoms with van der Waals surface area (Å²) in [5.41, 5.74) is 7.55. The van der Waals surface area contributed by atoms with Crippen LogP contribution in [0.15, 0.2) is 47.4 Å². The number of rotatable bonds is 6. The lowest BCUT2D eigenvalue weighted by molar-refractivity contribution is 0.0982. The first-order chi connectivity index (χ1) is 13.3. The molecule has 2 amide bonds. The van der Waals surface area contributed by atoms with Crippen LogP contribution in [-0.2, 0) is 16.4 Å². The molecule has 2 aromatic carbocycles. The number of hydrogen-bond acceptors (Lipinski definition) is 4. The van der Waals surface area contributed by atoms with E-state index in [0.717, 1.165) is 5.56 Å². The number of amides is 2. The summed E-state index contributed by atoms with van der Waals surface area (Å²) in [4.78, 5) is 25.9. The Morgan fingerprint density at radius 1 is 1.04 bits per heavy atom. The molecule has 7 nitrogen and oxygen atoms in total. The fraction of sp³-hybridized carbons (Fsp3) is 0.300. The van der Waals surface area contributed by atoms with E-state index in [0.29, 0.717) is 42.9 Å². The van der Waals surface area contributed by atoms with Crippen LogP contribution in [0.1, 0.15) is 40.1 Å². The van der Waals surface area contributed by atoms with Gasteiger partial charge in [0.15, 0.2) is 0 Å². The number of carbonyl (C=O) groups is 2. The Kier molecular flexibility index (Phi) is 5.53. The second kappa shape index (κ2) is 7.73. The number of fused-ring (bicyclic) bond motifs is 1. The molecule has 0 unspecified atom stereocenters. The molecule has 2 N–H and O–H groups in total. The van der Waals surface area contributed by atoms with E-state index in [2.05, 4.69) is 0 Å². The average molecular weight is 401 g/mol. The third-order valence-corrected chi connectivity index (χ3v) is 7.00. The van der Waals surface area contributed by atoms with E-state index in [4.69, 9.17) is 5.73 Å². The molecule has 0 aromatic heterocycles. The Hall–Kier alpha value is -2.71. The minimum Gasteiger partial charge on any atom is -0.366 e. The van der Waals surface area contributed by atoms with Crippen molar-refractivity contribution in [2.24, 2.45) is 5.73 Å². The molecular weight excluding hydrogens is 378 g/mol. The lowest BCUT2D eigenvalue weighted by atomic mass is 10.1. The molecular formula is C20H23N3O4S. The van der Waals surface area contributed by atoms with Crippen molar-refractivity contribution in [3.8, 4) is 0 Å². The van der Waals surface area contributed by atoms with Gasteiger partial charge >= 0.3 is 0 Å². The van der Waals surface area contributed by atoms with Crippen molar-refractivity contribution >= 4 is 27.5 Å². The first kappa shape index (κ1) is 20.0. The molecule has 0 radical (unpaired) electrons. The Balaban J connectivity index is 1.88. The standard InChI is InChI=1S/C20H23N3O4S/c1-3-22(4-2)28(26,27)17-9-10-18-16(13-17)11-12-23(18)20(25)15-7-5-14(6-8-15)19(21)24/h5-10,13H,3-4,11-12H2,1-2H3,(H2,21,24). The van der Waals surface area contributed by atoms with Crippen molar-refractivity contribution in [3.63, 3.8) is 0 Å². The number of benzene rings is 2. The largest absolute Gasteiger partial charge is 0.366 e. The van der Waals surface area contributed by atoms with Gasteiger partial charge in [0.1, 0.15) is 0 Å². The van der Waals surface area contributed by atoms with Crippen LogP contribution in [0.25, 0.3) is 0 Å². The van der Waals surface area contributed by atoms with E-state index in [1.54, 1.807) is 49.1 Å². The van der Waals surface area contributed by atoms with Crippen LogP contribution in [-0.4, -0.2) is 44.2 Å². The van der Waals surface area contributed by atoms with Gasteiger partial charge in [-0.3, -0.25) is 9.59 Å². The predicted molar refractivity (Wildman–Crippen MR) is 107 cm³/mol. The van der Waals surface area contributed by atoms with Crippen LogP contribution in [0.4, 0.5) is 5.69 Å². The van der Waals surface area contributed by atoms with Gasteiger partial charge in [-0.2, -0.15) is 4.31 Å². The van der Waals surface area contributed by atoms with Crippen LogP contribution in [0.2, 0.25) is 0 Å².